The predicted octanol–water partition coefficient (Wildman–Crippen LogP) is 13.0. The highest BCUT2D eigenvalue weighted by Crippen LogP contribution is 2.38. The van der Waals surface area contributed by atoms with Gasteiger partial charge in [-0.05, 0) is 109 Å². The van der Waals surface area contributed by atoms with Gasteiger partial charge in [-0.15, -0.1) is 0 Å². The topological polar surface area (TPSA) is 18.5 Å². The van der Waals surface area contributed by atoms with Gasteiger partial charge in [0, 0.05) is 11.1 Å². The normalized spacial score (nSPS) is 20.7. The van der Waals surface area contributed by atoms with E-state index in [1.54, 1.807) is 19.1 Å². The van der Waals surface area contributed by atoms with E-state index in [9.17, 15) is 17.6 Å². The van der Waals surface area contributed by atoms with Gasteiger partial charge in [0.2, 0.25) is 11.6 Å². The summed E-state index contributed by atoms with van der Waals surface area (Å²) in [7, 11) is 0. The Bertz CT molecular complexity index is 1630. The molecule has 0 bridgehead atoms. The molecule has 6 heteroatoms. The van der Waals surface area contributed by atoms with Gasteiger partial charge in [0.15, 0.2) is 23.1 Å². The van der Waals surface area contributed by atoms with E-state index in [0.29, 0.717) is 36.2 Å². The monoisotopic (exact) mass is 674 g/mol. The highest BCUT2D eigenvalue weighted by Gasteiger charge is 2.22. The summed E-state index contributed by atoms with van der Waals surface area (Å²) in [6, 6.07) is 22.0. The van der Waals surface area contributed by atoms with Crippen LogP contribution >= 0.6 is 0 Å². The van der Waals surface area contributed by atoms with Gasteiger partial charge < -0.3 is 9.47 Å². The van der Waals surface area contributed by atoms with Crippen molar-refractivity contribution in [2.75, 3.05) is 13.2 Å². The number of benzene rings is 4. The predicted molar refractivity (Wildman–Crippen MR) is 191 cm³/mol. The van der Waals surface area contributed by atoms with Gasteiger partial charge >= 0.3 is 0 Å². The van der Waals surface area contributed by atoms with Gasteiger partial charge in [-0.2, -0.15) is 8.78 Å². The zero-order valence-corrected chi connectivity index (χ0v) is 29.3. The molecule has 2 fully saturated rings. The molecule has 6 rings (SSSR count). The summed E-state index contributed by atoms with van der Waals surface area (Å²) in [5.41, 5.74) is 4.57. The van der Waals surface area contributed by atoms with Crippen LogP contribution in [0.25, 0.3) is 22.3 Å². The summed E-state index contributed by atoms with van der Waals surface area (Å²) < 4.78 is 67.3. The van der Waals surface area contributed by atoms with E-state index in [4.69, 9.17) is 9.47 Å². The first-order chi connectivity index (χ1) is 23.7. The van der Waals surface area contributed by atoms with Crippen molar-refractivity contribution in [3.8, 4) is 33.8 Å². The first-order valence-corrected chi connectivity index (χ1v) is 18.1. The number of halogens is 4. The van der Waals surface area contributed by atoms with Crippen molar-refractivity contribution >= 4 is 0 Å². The molecule has 49 heavy (non-hydrogen) atoms. The molecule has 0 heterocycles. The Balaban J connectivity index is 0.000000191. The van der Waals surface area contributed by atoms with E-state index in [1.807, 2.05) is 31.2 Å². The summed E-state index contributed by atoms with van der Waals surface area (Å²) >= 11 is 0. The number of rotatable bonds is 9. The number of hydrogen-bond acceptors (Lipinski definition) is 2. The van der Waals surface area contributed by atoms with Gasteiger partial charge in [0.25, 0.3) is 0 Å². The minimum atomic E-state index is -0.917. The summed E-state index contributed by atoms with van der Waals surface area (Å²) in [5.74, 6) is -0.733. The highest BCUT2D eigenvalue weighted by molar-refractivity contribution is 5.66. The molecule has 2 aliphatic carbocycles. The van der Waals surface area contributed by atoms with Crippen molar-refractivity contribution in [1.82, 2.24) is 0 Å². The SMILES string of the molecule is CCCOc1ccc(-c2ccc(C3CCC(C)CC3)cc2)c(F)c1F.CCOc1ccc(-c2ccc(C3CCC(C)CC3)cc2)c(F)c1F. The van der Waals surface area contributed by atoms with Crippen molar-refractivity contribution in [3.05, 3.63) is 107 Å². The van der Waals surface area contributed by atoms with E-state index in [0.717, 1.165) is 18.3 Å². The van der Waals surface area contributed by atoms with Crippen LogP contribution in [0.2, 0.25) is 0 Å². The van der Waals surface area contributed by atoms with Crippen LogP contribution < -0.4 is 9.47 Å². The van der Waals surface area contributed by atoms with E-state index in [1.165, 1.54) is 74.6 Å². The van der Waals surface area contributed by atoms with Gasteiger partial charge in [-0.1, -0.05) is 95.0 Å². The average Bonchev–Trinajstić information content (AvgIpc) is 3.12. The van der Waals surface area contributed by atoms with Crippen LogP contribution in [-0.4, -0.2) is 13.2 Å². The molecule has 4 aromatic carbocycles. The van der Waals surface area contributed by atoms with E-state index < -0.39 is 23.3 Å². The van der Waals surface area contributed by atoms with Crippen molar-refractivity contribution in [2.45, 2.75) is 97.3 Å². The maximum Gasteiger partial charge on any atom is 0.201 e. The third-order valence-corrected chi connectivity index (χ3v) is 10.3. The lowest BCUT2D eigenvalue weighted by molar-refractivity contribution is 0.295. The van der Waals surface area contributed by atoms with E-state index >= 15 is 0 Å². The molecule has 262 valence electrons. The van der Waals surface area contributed by atoms with Gasteiger partial charge in [-0.3, -0.25) is 0 Å². The molecule has 0 radical (unpaired) electrons. The van der Waals surface area contributed by atoms with Gasteiger partial charge in [0.1, 0.15) is 0 Å². The van der Waals surface area contributed by atoms with Crippen molar-refractivity contribution in [1.29, 1.82) is 0 Å². The largest absolute Gasteiger partial charge is 0.491 e. The molecule has 0 saturated heterocycles. The Hall–Kier alpha value is -3.80. The molecule has 2 aliphatic rings. The molecular weight excluding hydrogens is 624 g/mol. The lowest BCUT2D eigenvalue weighted by Gasteiger charge is -2.26. The smallest absolute Gasteiger partial charge is 0.201 e. The molecule has 0 aliphatic heterocycles. The van der Waals surface area contributed by atoms with Crippen LogP contribution in [0.15, 0.2) is 72.8 Å². The number of ether oxygens (including phenoxy) is 2. The van der Waals surface area contributed by atoms with Crippen LogP contribution in [0, 0.1) is 35.1 Å². The van der Waals surface area contributed by atoms with Crippen LogP contribution in [0.1, 0.15) is 108 Å². The maximum absolute atomic E-state index is 14.4. The minimum absolute atomic E-state index is 0.0176. The first-order valence-electron chi connectivity index (χ1n) is 18.1. The Morgan fingerprint density at radius 3 is 1.24 bits per heavy atom. The quantitative estimate of drug-likeness (QED) is 0.165. The van der Waals surface area contributed by atoms with Gasteiger partial charge in [0.05, 0.1) is 13.2 Å². The van der Waals surface area contributed by atoms with E-state index in [2.05, 4.69) is 38.1 Å². The van der Waals surface area contributed by atoms with Crippen LogP contribution in [0.4, 0.5) is 17.6 Å². The molecule has 0 spiro atoms. The van der Waals surface area contributed by atoms with Crippen LogP contribution in [0.3, 0.4) is 0 Å². The zero-order valence-electron chi connectivity index (χ0n) is 29.3. The summed E-state index contributed by atoms with van der Waals surface area (Å²) in [6.45, 7) is 8.98. The molecule has 0 N–H and O–H groups in total. The summed E-state index contributed by atoms with van der Waals surface area (Å²) in [4.78, 5) is 0. The van der Waals surface area contributed by atoms with Gasteiger partial charge in [-0.25, -0.2) is 8.78 Å². The molecule has 0 aromatic heterocycles. The third-order valence-electron chi connectivity index (χ3n) is 10.3. The molecule has 0 unspecified atom stereocenters. The molecular formula is C43H50F4O2. The third kappa shape index (κ3) is 9.06. The molecule has 2 saturated carbocycles. The van der Waals surface area contributed by atoms with Crippen LogP contribution in [0.5, 0.6) is 11.5 Å². The molecule has 0 atom stereocenters. The molecule has 4 aromatic rings. The number of hydrogen-bond donors (Lipinski definition) is 0. The standard InChI is InChI=1S/C22H26F2O.C21H24F2O/c1-3-14-25-20-13-12-19(21(23)22(20)24)18-10-8-17(9-11-18)16-6-4-15(2)5-7-16;1-3-24-19-13-12-18(20(22)21(19)23)17-10-8-16(9-11-17)15-6-4-14(2)5-7-15/h8-13,15-16H,3-7,14H2,1-2H3;8-15H,3-7H2,1-2H3. The first kappa shape index (κ1) is 36.5. The fourth-order valence-electron chi connectivity index (χ4n) is 7.16. The fraction of sp³-hybridized carbons (Fsp3) is 0.442. The van der Waals surface area contributed by atoms with Crippen molar-refractivity contribution in [2.24, 2.45) is 11.8 Å². The van der Waals surface area contributed by atoms with E-state index in [-0.39, 0.29) is 22.6 Å². The Kier molecular flexibility index (Phi) is 12.8. The summed E-state index contributed by atoms with van der Waals surface area (Å²) in [6.07, 6.45) is 10.7. The minimum Gasteiger partial charge on any atom is -0.491 e. The summed E-state index contributed by atoms with van der Waals surface area (Å²) in [5, 5.41) is 0. The second-order valence-corrected chi connectivity index (χ2v) is 13.9. The second-order valence-electron chi connectivity index (χ2n) is 13.9. The Morgan fingerprint density at radius 2 is 0.878 bits per heavy atom. The van der Waals surface area contributed by atoms with Crippen LogP contribution in [-0.2, 0) is 0 Å². The fourth-order valence-corrected chi connectivity index (χ4v) is 7.16. The maximum atomic E-state index is 14.4. The lowest BCUT2D eigenvalue weighted by atomic mass is 9.79. The van der Waals surface area contributed by atoms with Crippen molar-refractivity contribution < 1.29 is 27.0 Å². The zero-order chi connectivity index (χ0) is 34.9. The Labute approximate surface area is 289 Å². The Morgan fingerprint density at radius 1 is 0.490 bits per heavy atom. The highest BCUT2D eigenvalue weighted by atomic mass is 19.2. The molecule has 2 nitrogen and oxygen atoms in total. The second kappa shape index (κ2) is 17.2. The molecule has 0 amide bonds. The average molecular weight is 675 g/mol. The lowest BCUT2D eigenvalue weighted by Crippen LogP contribution is -2.10. The van der Waals surface area contributed by atoms with Crippen molar-refractivity contribution in [3.63, 3.8) is 0 Å².